The van der Waals surface area contributed by atoms with Crippen LogP contribution in [-0.4, -0.2) is 41.8 Å². The number of hydrogen-bond acceptors (Lipinski definition) is 4. The molecule has 34 heavy (non-hydrogen) atoms. The van der Waals surface area contributed by atoms with Crippen LogP contribution < -0.4 is 10.6 Å². The van der Waals surface area contributed by atoms with Gasteiger partial charge in [-0.2, -0.15) is 0 Å². The highest BCUT2D eigenvalue weighted by Crippen LogP contribution is 2.44. The van der Waals surface area contributed by atoms with Crippen molar-refractivity contribution in [2.45, 2.75) is 63.5 Å². The molecule has 0 aromatic heterocycles. The standard InChI is InChI=1S/C27H32N2O5/c1-2-18(15-25(30)29-24-13-7-8-17(24)14-26(31)32)28-27(33)34-16-23-21-11-5-3-9-19(21)20-10-4-6-12-22(20)23/h3-6,9-12,17-18,23-24H,2,7-8,13-16H2,1H3,(H,28,33)(H,29,30)(H,31,32)/t17-,18+,24+/m0/s1. The Morgan fingerprint density at radius 1 is 1.03 bits per heavy atom. The van der Waals surface area contributed by atoms with Crippen molar-refractivity contribution in [1.82, 2.24) is 10.6 Å². The topological polar surface area (TPSA) is 105 Å². The molecule has 1 saturated carbocycles. The second-order valence-corrected chi connectivity index (χ2v) is 9.24. The van der Waals surface area contributed by atoms with Crippen LogP contribution in [0.15, 0.2) is 48.5 Å². The number of aliphatic carboxylic acids is 1. The highest BCUT2D eigenvalue weighted by atomic mass is 16.5. The van der Waals surface area contributed by atoms with Crippen LogP contribution in [0.4, 0.5) is 4.79 Å². The molecule has 2 amide bonds. The Morgan fingerprint density at radius 2 is 1.68 bits per heavy atom. The zero-order valence-corrected chi connectivity index (χ0v) is 19.5. The minimum absolute atomic E-state index is 0.0185. The highest BCUT2D eigenvalue weighted by Gasteiger charge is 2.31. The van der Waals surface area contributed by atoms with Crippen molar-refractivity contribution < 1.29 is 24.2 Å². The van der Waals surface area contributed by atoms with E-state index in [-0.39, 0.29) is 49.3 Å². The average Bonchev–Trinajstić information content (AvgIpc) is 3.38. The van der Waals surface area contributed by atoms with Crippen LogP contribution in [0.5, 0.6) is 0 Å². The smallest absolute Gasteiger partial charge is 0.407 e. The molecule has 0 heterocycles. The highest BCUT2D eigenvalue weighted by molar-refractivity contribution is 5.80. The van der Waals surface area contributed by atoms with Crippen LogP contribution in [0.25, 0.3) is 11.1 Å². The second-order valence-electron chi connectivity index (χ2n) is 9.24. The van der Waals surface area contributed by atoms with Gasteiger partial charge in [-0.05, 0) is 47.4 Å². The van der Waals surface area contributed by atoms with E-state index in [4.69, 9.17) is 9.84 Å². The average molecular weight is 465 g/mol. The summed E-state index contributed by atoms with van der Waals surface area (Å²) in [6.07, 6.45) is 2.77. The van der Waals surface area contributed by atoms with Crippen molar-refractivity contribution >= 4 is 18.0 Å². The van der Waals surface area contributed by atoms with Gasteiger partial charge >= 0.3 is 12.1 Å². The van der Waals surface area contributed by atoms with Crippen LogP contribution in [0, 0.1) is 5.92 Å². The summed E-state index contributed by atoms with van der Waals surface area (Å²) in [5.41, 5.74) is 4.64. The summed E-state index contributed by atoms with van der Waals surface area (Å²) in [5.74, 6) is -1.06. The summed E-state index contributed by atoms with van der Waals surface area (Å²) in [7, 11) is 0. The van der Waals surface area contributed by atoms with Gasteiger partial charge in [0.05, 0.1) is 6.42 Å². The van der Waals surface area contributed by atoms with Gasteiger partial charge in [0.2, 0.25) is 5.91 Å². The van der Waals surface area contributed by atoms with Crippen molar-refractivity contribution in [3.05, 3.63) is 59.7 Å². The van der Waals surface area contributed by atoms with E-state index < -0.39 is 12.1 Å². The van der Waals surface area contributed by atoms with Crippen molar-refractivity contribution in [2.75, 3.05) is 6.61 Å². The maximum atomic E-state index is 12.6. The molecule has 7 nitrogen and oxygen atoms in total. The van der Waals surface area contributed by atoms with E-state index in [9.17, 15) is 14.4 Å². The van der Waals surface area contributed by atoms with Gasteiger partial charge in [-0.25, -0.2) is 4.79 Å². The molecule has 0 bridgehead atoms. The predicted molar refractivity (Wildman–Crippen MR) is 128 cm³/mol. The predicted octanol–water partition coefficient (Wildman–Crippen LogP) is 4.45. The van der Waals surface area contributed by atoms with Crippen LogP contribution in [0.1, 0.15) is 62.5 Å². The van der Waals surface area contributed by atoms with Crippen LogP contribution in [0.3, 0.4) is 0 Å². The van der Waals surface area contributed by atoms with E-state index in [0.717, 1.165) is 30.4 Å². The normalized spacial score (nSPS) is 19.7. The molecule has 3 N–H and O–H groups in total. The SMILES string of the molecule is CC[C@H](CC(=O)N[C@@H]1CCC[C@H]1CC(=O)O)NC(=O)OCC1c2ccccc2-c2ccccc21. The molecule has 180 valence electrons. The molecular weight excluding hydrogens is 432 g/mol. The van der Waals surface area contributed by atoms with E-state index in [0.29, 0.717) is 6.42 Å². The number of nitrogens with one attached hydrogen (secondary N) is 2. The maximum Gasteiger partial charge on any atom is 0.407 e. The first-order valence-corrected chi connectivity index (χ1v) is 12.1. The zero-order chi connectivity index (χ0) is 24.1. The Morgan fingerprint density at radius 3 is 2.29 bits per heavy atom. The summed E-state index contributed by atoms with van der Waals surface area (Å²) >= 11 is 0. The molecule has 0 aliphatic heterocycles. The van der Waals surface area contributed by atoms with Gasteiger partial charge < -0.3 is 20.5 Å². The molecule has 0 spiro atoms. The molecule has 0 saturated heterocycles. The molecule has 0 unspecified atom stereocenters. The lowest BCUT2D eigenvalue weighted by molar-refractivity contribution is -0.138. The molecule has 1 fully saturated rings. The molecule has 2 aromatic rings. The van der Waals surface area contributed by atoms with Gasteiger partial charge in [0.15, 0.2) is 0 Å². The number of rotatable bonds is 9. The van der Waals surface area contributed by atoms with Gasteiger partial charge in [0.1, 0.15) is 6.61 Å². The first-order chi connectivity index (χ1) is 16.5. The molecule has 4 rings (SSSR count). The number of alkyl carbamates (subject to hydrolysis) is 1. The van der Waals surface area contributed by atoms with E-state index >= 15 is 0 Å². The number of hydrogen-bond donors (Lipinski definition) is 3. The van der Waals surface area contributed by atoms with Crippen LogP contribution in [-0.2, 0) is 14.3 Å². The summed E-state index contributed by atoms with van der Waals surface area (Å²) in [5, 5.41) is 14.9. The quantitative estimate of drug-likeness (QED) is 0.508. The molecule has 2 aromatic carbocycles. The fourth-order valence-corrected chi connectivity index (χ4v) is 5.29. The Kier molecular flexibility index (Phi) is 7.50. The summed E-state index contributed by atoms with van der Waals surface area (Å²) in [6, 6.07) is 15.9. The molecule has 7 heteroatoms. The van der Waals surface area contributed by atoms with Crippen molar-refractivity contribution in [3.63, 3.8) is 0 Å². The fraction of sp³-hybridized carbons (Fsp3) is 0.444. The number of ether oxygens (including phenoxy) is 1. The summed E-state index contributed by atoms with van der Waals surface area (Å²) in [4.78, 5) is 36.2. The Bertz CT molecular complexity index is 1010. The zero-order valence-electron chi connectivity index (χ0n) is 19.5. The third-order valence-electron chi connectivity index (χ3n) is 7.03. The number of carbonyl (C=O) groups is 3. The lowest BCUT2D eigenvalue weighted by Crippen LogP contribution is -2.43. The van der Waals surface area contributed by atoms with Gasteiger partial charge in [0.25, 0.3) is 0 Å². The first-order valence-electron chi connectivity index (χ1n) is 12.1. The fourth-order valence-electron chi connectivity index (χ4n) is 5.29. The van der Waals surface area contributed by atoms with E-state index in [1.165, 1.54) is 11.1 Å². The van der Waals surface area contributed by atoms with Gasteiger partial charge in [-0.1, -0.05) is 61.9 Å². The Hall–Kier alpha value is -3.35. The third kappa shape index (κ3) is 5.41. The number of benzene rings is 2. The lowest BCUT2D eigenvalue weighted by atomic mass is 9.98. The van der Waals surface area contributed by atoms with Crippen LogP contribution >= 0.6 is 0 Å². The maximum absolute atomic E-state index is 12.6. The molecule has 2 aliphatic carbocycles. The summed E-state index contributed by atoms with van der Waals surface area (Å²) in [6.45, 7) is 2.13. The number of carboxylic acid groups (broad SMARTS) is 1. The largest absolute Gasteiger partial charge is 0.481 e. The number of amides is 2. The number of carbonyl (C=O) groups excluding carboxylic acids is 2. The van der Waals surface area contributed by atoms with Crippen LogP contribution in [0.2, 0.25) is 0 Å². The monoisotopic (exact) mass is 464 g/mol. The van der Waals surface area contributed by atoms with E-state index in [1.54, 1.807) is 0 Å². The van der Waals surface area contributed by atoms with Gasteiger partial charge in [0, 0.05) is 24.4 Å². The van der Waals surface area contributed by atoms with Gasteiger partial charge in [-0.3, -0.25) is 9.59 Å². The molecule has 0 radical (unpaired) electrons. The van der Waals surface area contributed by atoms with Crippen molar-refractivity contribution in [2.24, 2.45) is 5.92 Å². The van der Waals surface area contributed by atoms with Gasteiger partial charge in [-0.15, -0.1) is 0 Å². The minimum Gasteiger partial charge on any atom is -0.481 e. The second kappa shape index (κ2) is 10.7. The molecular formula is C27H32N2O5. The van der Waals surface area contributed by atoms with Crippen molar-refractivity contribution in [1.29, 1.82) is 0 Å². The lowest BCUT2D eigenvalue weighted by Gasteiger charge is -2.22. The number of carboxylic acids is 1. The molecule has 3 atom stereocenters. The number of fused-ring (bicyclic) bond motifs is 3. The first kappa shape index (κ1) is 23.8. The minimum atomic E-state index is -0.838. The van der Waals surface area contributed by atoms with E-state index in [1.807, 2.05) is 31.2 Å². The van der Waals surface area contributed by atoms with Crippen molar-refractivity contribution in [3.8, 4) is 11.1 Å². The van der Waals surface area contributed by atoms with E-state index in [2.05, 4.69) is 34.9 Å². The Balaban J connectivity index is 1.29. The summed E-state index contributed by atoms with van der Waals surface area (Å²) < 4.78 is 5.60. The molecule has 2 aliphatic rings. The third-order valence-corrected chi connectivity index (χ3v) is 7.03. The Labute approximate surface area is 199 Å².